The van der Waals surface area contributed by atoms with Crippen molar-refractivity contribution in [2.75, 3.05) is 0 Å². The van der Waals surface area contributed by atoms with Gasteiger partial charge in [-0.25, -0.2) is 0 Å². The van der Waals surface area contributed by atoms with E-state index < -0.39 is 0 Å². The van der Waals surface area contributed by atoms with Crippen molar-refractivity contribution >= 4 is 35.3 Å². The molecule has 5 rings (SSSR count). The molecule has 1 nitrogen and oxygen atoms in total. The Bertz CT molecular complexity index is 343. The summed E-state index contributed by atoms with van der Waals surface area (Å²) >= 11 is 6.56. The van der Waals surface area contributed by atoms with Crippen molar-refractivity contribution < 1.29 is 4.74 Å². The van der Waals surface area contributed by atoms with Gasteiger partial charge in [0.05, 0.1) is 9.16 Å². The van der Waals surface area contributed by atoms with Crippen molar-refractivity contribution in [1.82, 2.24) is 0 Å². The molecule has 4 aliphatic heterocycles. The van der Waals surface area contributed by atoms with Crippen LogP contribution in [-0.4, -0.2) is 19.0 Å². The van der Waals surface area contributed by atoms with E-state index in [4.69, 9.17) is 4.74 Å². The molecule has 8 atom stereocenters. The second kappa shape index (κ2) is 2.27. The van der Waals surface area contributed by atoms with Crippen LogP contribution in [0.2, 0.25) is 0 Å². The maximum Gasteiger partial charge on any atom is 0.117 e. The third kappa shape index (κ3) is 0.782. The van der Waals surface area contributed by atoms with Crippen molar-refractivity contribution in [3.63, 3.8) is 0 Å². The Hall–Kier alpha value is 1.01. The summed E-state index contributed by atoms with van der Waals surface area (Å²) in [7, 11) is 0. The van der Waals surface area contributed by atoms with Crippen LogP contribution in [0.1, 0.15) is 20.3 Å². The fourth-order valence-corrected chi connectivity index (χ4v) is 11.9. The molecule has 0 N–H and O–H groups in total. The number of ether oxygens (including phenoxy) is 1. The summed E-state index contributed by atoms with van der Waals surface area (Å²) in [5.41, 5.74) is 0. The topological polar surface area (TPSA) is 9.23 Å². The van der Waals surface area contributed by atoms with Gasteiger partial charge in [0.25, 0.3) is 0 Å². The molecule has 8 unspecified atom stereocenters. The molecular weight excluding hydrogens is 244 g/mol. The lowest BCUT2D eigenvalue weighted by molar-refractivity contribution is 0.000293. The van der Waals surface area contributed by atoms with Crippen molar-refractivity contribution in [1.29, 1.82) is 0 Å². The maximum atomic E-state index is 6.50. The first-order valence-electron chi connectivity index (χ1n) is 5.82. The van der Waals surface area contributed by atoms with Crippen LogP contribution in [0, 0.1) is 23.7 Å². The minimum Gasteiger partial charge on any atom is -0.347 e. The normalized spacial score (nSPS) is 77.2. The largest absolute Gasteiger partial charge is 0.347 e. The Labute approximate surface area is 103 Å². The zero-order valence-electron chi connectivity index (χ0n) is 8.80. The van der Waals surface area contributed by atoms with E-state index in [0.717, 1.165) is 32.8 Å². The maximum absolute atomic E-state index is 6.50. The van der Waals surface area contributed by atoms with E-state index in [2.05, 4.69) is 49.1 Å². The van der Waals surface area contributed by atoms with E-state index in [1.54, 1.807) is 0 Å². The van der Waals surface area contributed by atoms with Crippen LogP contribution in [0.25, 0.3) is 0 Å². The fourth-order valence-electron chi connectivity index (χ4n) is 4.90. The summed E-state index contributed by atoms with van der Waals surface area (Å²) in [6.45, 7) is 4.73. The van der Waals surface area contributed by atoms with Gasteiger partial charge in [-0.3, -0.25) is 0 Å². The predicted molar refractivity (Wildman–Crippen MR) is 66.8 cm³/mol. The fraction of sp³-hybridized carbons (Fsp3) is 1.00. The van der Waals surface area contributed by atoms with E-state index in [1.807, 2.05) is 0 Å². The highest BCUT2D eigenvalue weighted by molar-refractivity contribution is 8.25. The van der Waals surface area contributed by atoms with Crippen LogP contribution in [0.4, 0.5) is 0 Å². The van der Waals surface area contributed by atoms with Gasteiger partial charge in [-0.15, -0.1) is 35.3 Å². The highest BCUT2D eigenvalue weighted by atomic mass is 32.2. The van der Waals surface area contributed by atoms with Crippen LogP contribution in [0.3, 0.4) is 0 Å². The summed E-state index contributed by atoms with van der Waals surface area (Å²) in [5.74, 6) is 3.68. The summed E-state index contributed by atoms with van der Waals surface area (Å²) in [5, 5.41) is 0. The number of hydrogen-bond donors (Lipinski definition) is 0. The minimum atomic E-state index is 0.162. The Morgan fingerprint density at radius 1 is 1.00 bits per heavy atom. The molecule has 4 heteroatoms. The van der Waals surface area contributed by atoms with Crippen molar-refractivity contribution in [2.45, 2.75) is 39.3 Å². The van der Waals surface area contributed by atoms with E-state index in [-0.39, 0.29) is 9.87 Å². The second-order valence-electron chi connectivity index (χ2n) is 5.86. The average Bonchev–Trinajstić information content (AvgIpc) is 2.70. The molecule has 0 radical (unpaired) electrons. The molecule has 0 aromatic rings. The lowest BCUT2D eigenvalue weighted by Gasteiger charge is -2.34. The zero-order valence-corrected chi connectivity index (χ0v) is 11.3. The van der Waals surface area contributed by atoms with Gasteiger partial charge in [0.1, 0.15) is 9.87 Å². The first-order valence-corrected chi connectivity index (χ1v) is 8.52. The summed E-state index contributed by atoms with van der Waals surface area (Å²) in [6, 6.07) is 0. The second-order valence-corrected chi connectivity index (χ2v) is 10.9. The quantitative estimate of drug-likeness (QED) is 0.659. The lowest BCUT2D eigenvalue weighted by atomic mass is 9.84. The zero-order chi connectivity index (χ0) is 10.00. The SMILES string of the molecule is CC12OC3(C)SC4SC(S1)C1CC4C3C12. The van der Waals surface area contributed by atoms with E-state index in [1.165, 1.54) is 6.42 Å². The molecule has 1 aliphatic carbocycles. The Balaban J connectivity index is 1.80. The third-order valence-electron chi connectivity index (χ3n) is 5.14. The molecule has 4 saturated heterocycles. The molecule has 2 bridgehead atoms. The van der Waals surface area contributed by atoms with E-state index in [0.29, 0.717) is 0 Å². The predicted octanol–water partition coefficient (Wildman–Crippen LogP) is 3.21. The molecule has 0 amide bonds. The Morgan fingerprint density at radius 2 is 1.53 bits per heavy atom. The summed E-state index contributed by atoms with van der Waals surface area (Å²) in [6.07, 6.45) is 1.51. The van der Waals surface area contributed by atoms with Gasteiger partial charge >= 0.3 is 0 Å². The van der Waals surface area contributed by atoms with Crippen LogP contribution in [0.15, 0.2) is 0 Å². The molecule has 15 heavy (non-hydrogen) atoms. The highest BCUT2D eigenvalue weighted by Gasteiger charge is 2.78. The summed E-state index contributed by atoms with van der Waals surface area (Å²) in [4.78, 5) is 0.323. The minimum absolute atomic E-state index is 0.162. The van der Waals surface area contributed by atoms with Crippen molar-refractivity contribution in [3.8, 4) is 0 Å². The monoisotopic (exact) mass is 258 g/mol. The van der Waals surface area contributed by atoms with Crippen molar-refractivity contribution in [3.05, 3.63) is 0 Å². The number of rotatable bonds is 0. The van der Waals surface area contributed by atoms with Crippen LogP contribution >= 0.6 is 35.3 Å². The van der Waals surface area contributed by atoms with Gasteiger partial charge in [-0.2, -0.15) is 0 Å². The molecule has 0 aromatic heterocycles. The highest BCUT2D eigenvalue weighted by Crippen LogP contribution is 2.82. The molecule has 1 saturated carbocycles. The van der Waals surface area contributed by atoms with Crippen LogP contribution in [-0.2, 0) is 4.74 Å². The molecule has 4 heterocycles. The Kier molecular flexibility index (Phi) is 1.36. The smallest absolute Gasteiger partial charge is 0.117 e. The summed E-state index contributed by atoms with van der Waals surface area (Å²) < 4.78 is 8.20. The first kappa shape index (κ1) is 9.01. The molecular formula is C11H14OS3. The Morgan fingerprint density at radius 3 is 2.07 bits per heavy atom. The molecule has 0 spiro atoms. The van der Waals surface area contributed by atoms with Crippen LogP contribution in [0.5, 0.6) is 0 Å². The van der Waals surface area contributed by atoms with E-state index in [9.17, 15) is 0 Å². The molecule has 5 aliphatic rings. The van der Waals surface area contributed by atoms with Gasteiger partial charge in [-0.1, -0.05) is 0 Å². The molecule has 0 aromatic carbocycles. The van der Waals surface area contributed by atoms with Gasteiger partial charge in [0.15, 0.2) is 0 Å². The van der Waals surface area contributed by atoms with Gasteiger partial charge in [-0.05, 0) is 32.1 Å². The number of thioether (sulfide) groups is 3. The van der Waals surface area contributed by atoms with Crippen LogP contribution < -0.4 is 0 Å². The molecule has 5 fully saturated rings. The first-order chi connectivity index (χ1) is 7.11. The van der Waals surface area contributed by atoms with E-state index >= 15 is 0 Å². The number of hydrogen-bond acceptors (Lipinski definition) is 4. The van der Waals surface area contributed by atoms with Gasteiger partial charge in [0.2, 0.25) is 0 Å². The average molecular weight is 258 g/mol. The van der Waals surface area contributed by atoms with Gasteiger partial charge in [0, 0.05) is 11.8 Å². The molecule has 82 valence electrons. The standard InChI is InChI=1S/C11H14OS3/c1-10-6-4-3-5-7(6)11(2,12-10)15-9(5)13-8(4)14-10/h4-9H,3H2,1-2H3. The lowest BCUT2D eigenvalue weighted by Crippen LogP contribution is -2.28. The van der Waals surface area contributed by atoms with Crippen molar-refractivity contribution in [2.24, 2.45) is 23.7 Å². The third-order valence-corrected chi connectivity index (χ3v) is 10.4. The van der Waals surface area contributed by atoms with Gasteiger partial charge < -0.3 is 4.74 Å².